The number of nitrogens with one attached hydrogen (secondary N) is 1. The summed E-state index contributed by atoms with van der Waals surface area (Å²) in [7, 11) is 0. The standard InChI is InChI=1S/C25H29FN4O6/c1-17(31)28-13-21-14-30(25(33)36-21)19-5-6-23(22(26)12-19)35-20-7-10-29(11-8-20)24(32)16-34-15-18-4-2-3-9-27-18/h2-6,9,12,20-21H,7-8,10-11,13-16H2,1H3,(H,28,31)/t21-/m0/s1. The third kappa shape index (κ3) is 6.69. The Hall–Kier alpha value is -3.73. The van der Waals surface area contributed by atoms with Gasteiger partial charge in [0, 0.05) is 45.1 Å². The van der Waals surface area contributed by atoms with Crippen molar-refractivity contribution in [3.63, 3.8) is 0 Å². The van der Waals surface area contributed by atoms with Crippen LogP contribution in [0.3, 0.4) is 0 Å². The first-order valence-electron chi connectivity index (χ1n) is 11.8. The Morgan fingerprint density at radius 1 is 1.22 bits per heavy atom. The average molecular weight is 501 g/mol. The minimum Gasteiger partial charge on any atom is -0.487 e. The van der Waals surface area contributed by atoms with E-state index in [0.717, 1.165) is 5.69 Å². The third-order valence-corrected chi connectivity index (χ3v) is 5.97. The summed E-state index contributed by atoms with van der Waals surface area (Å²) in [6.45, 7) is 3.01. The van der Waals surface area contributed by atoms with Gasteiger partial charge >= 0.3 is 6.09 Å². The van der Waals surface area contributed by atoms with Gasteiger partial charge in [-0.25, -0.2) is 9.18 Å². The first-order valence-corrected chi connectivity index (χ1v) is 11.8. The molecule has 1 N–H and O–H groups in total. The first kappa shape index (κ1) is 25.4. The minimum absolute atomic E-state index is 0.0250. The van der Waals surface area contributed by atoms with Crippen LogP contribution in [0.5, 0.6) is 5.75 Å². The van der Waals surface area contributed by atoms with Gasteiger partial charge in [0.2, 0.25) is 11.8 Å². The second-order valence-corrected chi connectivity index (χ2v) is 8.68. The van der Waals surface area contributed by atoms with Crippen molar-refractivity contribution < 1.29 is 33.0 Å². The van der Waals surface area contributed by atoms with Crippen molar-refractivity contribution in [3.05, 3.63) is 54.1 Å². The second kappa shape index (κ2) is 11.8. The van der Waals surface area contributed by atoms with Crippen molar-refractivity contribution in [2.45, 2.75) is 38.6 Å². The molecule has 1 aromatic heterocycles. The van der Waals surface area contributed by atoms with Gasteiger partial charge in [0.1, 0.15) is 18.8 Å². The quantitative estimate of drug-likeness (QED) is 0.562. The maximum absolute atomic E-state index is 14.8. The van der Waals surface area contributed by atoms with Crippen molar-refractivity contribution in [2.24, 2.45) is 0 Å². The lowest BCUT2D eigenvalue weighted by Gasteiger charge is -2.32. The van der Waals surface area contributed by atoms with Crippen molar-refractivity contribution in [1.82, 2.24) is 15.2 Å². The van der Waals surface area contributed by atoms with E-state index in [9.17, 15) is 18.8 Å². The molecule has 2 aliphatic rings. The number of hydrogen-bond acceptors (Lipinski definition) is 7. The van der Waals surface area contributed by atoms with Crippen molar-refractivity contribution in [1.29, 1.82) is 0 Å². The second-order valence-electron chi connectivity index (χ2n) is 8.68. The maximum atomic E-state index is 14.8. The fourth-order valence-electron chi connectivity index (χ4n) is 4.07. The molecule has 2 aliphatic heterocycles. The number of amides is 3. The number of likely N-dealkylation sites (tertiary alicyclic amines) is 1. The van der Waals surface area contributed by atoms with Gasteiger partial charge < -0.3 is 24.4 Å². The summed E-state index contributed by atoms with van der Waals surface area (Å²) < 4.78 is 31.3. The summed E-state index contributed by atoms with van der Waals surface area (Å²) in [5.41, 5.74) is 1.11. The number of halogens is 1. The first-order chi connectivity index (χ1) is 17.4. The number of pyridine rings is 1. The Balaban J connectivity index is 1.22. The van der Waals surface area contributed by atoms with Crippen LogP contribution in [0.1, 0.15) is 25.5 Å². The van der Waals surface area contributed by atoms with Gasteiger partial charge in [0.25, 0.3) is 0 Å². The number of rotatable bonds is 9. The molecule has 2 aromatic rings. The van der Waals surface area contributed by atoms with Crippen LogP contribution in [-0.2, 0) is 25.7 Å². The van der Waals surface area contributed by atoms with Gasteiger partial charge in [0.15, 0.2) is 11.6 Å². The predicted octanol–water partition coefficient (Wildman–Crippen LogP) is 2.27. The van der Waals surface area contributed by atoms with Gasteiger partial charge in [-0.3, -0.25) is 19.5 Å². The van der Waals surface area contributed by atoms with Crippen LogP contribution in [0.4, 0.5) is 14.9 Å². The molecule has 2 fully saturated rings. The molecule has 0 saturated carbocycles. The minimum atomic E-state index is -0.598. The van der Waals surface area contributed by atoms with E-state index in [2.05, 4.69) is 10.3 Å². The Morgan fingerprint density at radius 2 is 2.03 bits per heavy atom. The molecule has 2 saturated heterocycles. The highest BCUT2D eigenvalue weighted by Crippen LogP contribution is 2.29. The fraction of sp³-hybridized carbons (Fsp3) is 0.440. The maximum Gasteiger partial charge on any atom is 0.414 e. The third-order valence-electron chi connectivity index (χ3n) is 5.97. The number of piperidine rings is 1. The zero-order valence-electron chi connectivity index (χ0n) is 20.0. The van der Waals surface area contributed by atoms with E-state index in [4.69, 9.17) is 14.2 Å². The number of nitrogens with zero attached hydrogens (tertiary/aromatic N) is 3. The van der Waals surface area contributed by atoms with Gasteiger partial charge in [-0.15, -0.1) is 0 Å². The van der Waals surface area contributed by atoms with Crippen LogP contribution in [-0.4, -0.2) is 72.8 Å². The molecule has 0 aliphatic carbocycles. The molecule has 1 atom stereocenters. The van der Waals surface area contributed by atoms with Crippen molar-refractivity contribution in [2.75, 3.05) is 37.7 Å². The lowest BCUT2D eigenvalue weighted by molar-refractivity contribution is -0.138. The largest absolute Gasteiger partial charge is 0.487 e. The van der Waals surface area contributed by atoms with Crippen LogP contribution < -0.4 is 15.0 Å². The highest BCUT2D eigenvalue weighted by molar-refractivity contribution is 5.90. The molecule has 36 heavy (non-hydrogen) atoms. The van der Waals surface area contributed by atoms with Crippen LogP contribution in [0, 0.1) is 5.82 Å². The molecule has 0 bridgehead atoms. The lowest BCUT2D eigenvalue weighted by Crippen LogP contribution is -2.43. The van der Waals surface area contributed by atoms with E-state index in [1.54, 1.807) is 17.2 Å². The van der Waals surface area contributed by atoms with E-state index >= 15 is 0 Å². The van der Waals surface area contributed by atoms with Gasteiger partial charge in [-0.2, -0.15) is 0 Å². The Labute approximate surface area is 208 Å². The topological polar surface area (TPSA) is 110 Å². The molecule has 192 valence electrons. The van der Waals surface area contributed by atoms with E-state index < -0.39 is 18.0 Å². The zero-order valence-corrected chi connectivity index (χ0v) is 20.0. The Kier molecular flexibility index (Phi) is 8.32. The van der Waals surface area contributed by atoms with Crippen LogP contribution in [0.2, 0.25) is 0 Å². The number of anilines is 1. The van der Waals surface area contributed by atoms with Crippen molar-refractivity contribution >= 4 is 23.6 Å². The Bertz CT molecular complexity index is 1080. The molecular formula is C25H29FN4O6. The monoisotopic (exact) mass is 500 g/mol. The number of carbonyl (C=O) groups excluding carboxylic acids is 3. The Morgan fingerprint density at radius 3 is 2.72 bits per heavy atom. The highest BCUT2D eigenvalue weighted by Gasteiger charge is 2.33. The average Bonchev–Trinajstić information content (AvgIpc) is 3.25. The van der Waals surface area contributed by atoms with Crippen LogP contribution in [0.25, 0.3) is 0 Å². The molecule has 0 radical (unpaired) electrons. The summed E-state index contributed by atoms with van der Waals surface area (Å²) in [4.78, 5) is 42.8. The van der Waals surface area contributed by atoms with Gasteiger partial charge in [-0.1, -0.05) is 6.07 Å². The number of cyclic esters (lactones) is 1. The van der Waals surface area contributed by atoms with E-state index in [1.807, 2.05) is 18.2 Å². The number of hydrogen-bond donors (Lipinski definition) is 1. The molecule has 3 heterocycles. The van der Waals surface area contributed by atoms with Crippen LogP contribution >= 0.6 is 0 Å². The summed E-state index contributed by atoms with van der Waals surface area (Å²) in [6.07, 6.45) is 1.47. The molecule has 0 spiro atoms. The van der Waals surface area contributed by atoms with Gasteiger partial charge in [0.05, 0.1) is 31.1 Å². The SMILES string of the molecule is CC(=O)NC[C@H]1CN(c2ccc(OC3CCN(C(=O)COCc4ccccn4)CC3)c(F)c2)C(=O)O1. The molecule has 3 amide bonds. The molecule has 0 unspecified atom stereocenters. The summed E-state index contributed by atoms with van der Waals surface area (Å²) in [5, 5.41) is 2.60. The van der Waals surface area contributed by atoms with E-state index in [0.29, 0.717) is 31.6 Å². The zero-order chi connectivity index (χ0) is 25.5. The fourth-order valence-corrected chi connectivity index (χ4v) is 4.07. The summed E-state index contributed by atoms with van der Waals surface area (Å²) in [5.74, 6) is -0.827. The number of benzene rings is 1. The number of ether oxygens (including phenoxy) is 3. The van der Waals surface area contributed by atoms with Crippen LogP contribution in [0.15, 0.2) is 42.6 Å². The molecular weight excluding hydrogens is 471 g/mol. The van der Waals surface area contributed by atoms with E-state index in [-0.39, 0.29) is 50.0 Å². The van der Waals surface area contributed by atoms with Crippen molar-refractivity contribution in [3.8, 4) is 5.75 Å². The number of carbonyl (C=O) groups is 3. The molecule has 11 heteroatoms. The van der Waals surface area contributed by atoms with Gasteiger partial charge in [-0.05, 0) is 24.3 Å². The lowest BCUT2D eigenvalue weighted by atomic mass is 10.1. The van der Waals surface area contributed by atoms with E-state index in [1.165, 1.54) is 24.0 Å². The molecule has 10 nitrogen and oxygen atoms in total. The number of aromatic nitrogens is 1. The summed E-state index contributed by atoms with van der Waals surface area (Å²) in [6, 6.07) is 9.83. The molecule has 4 rings (SSSR count). The summed E-state index contributed by atoms with van der Waals surface area (Å²) >= 11 is 0. The highest BCUT2D eigenvalue weighted by atomic mass is 19.1. The smallest absolute Gasteiger partial charge is 0.414 e. The molecule has 1 aromatic carbocycles. The predicted molar refractivity (Wildman–Crippen MR) is 127 cm³/mol. The normalized spacial score (nSPS) is 18.2.